The van der Waals surface area contributed by atoms with Crippen molar-refractivity contribution in [2.45, 2.75) is 32.1 Å². The maximum Gasteiger partial charge on any atom is 0.422 e. The van der Waals surface area contributed by atoms with Gasteiger partial charge in [0.05, 0.1) is 19.0 Å². The highest BCUT2D eigenvalue weighted by molar-refractivity contribution is 6.02. The van der Waals surface area contributed by atoms with E-state index < -0.39 is 19.4 Å². The molecule has 1 fully saturated rings. The number of rotatable bonds is 9. The van der Waals surface area contributed by atoms with Crippen molar-refractivity contribution in [1.29, 1.82) is 0 Å². The quantitative estimate of drug-likeness (QED) is 0.304. The van der Waals surface area contributed by atoms with Crippen molar-refractivity contribution >= 4 is 11.4 Å². The molecule has 1 aliphatic rings. The number of fused-ring (bicyclic) bond motifs is 1. The number of hydrogen-bond donors (Lipinski definition) is 0. The lowest BCUT2D eigenvalue weighted by Crippen LogP contribution is -2.19. The maximum absolute atomic E-state index is 13.1. The monoisotopic (exact) mass is 470 g/mol. The fraction of sp³-hybridized carbons (Fsp3) is 0.364. The van der Waals surface area contributed by atoms with Gasteiger partial charge in [-0.25, -0.2) is 4.98 Å². The number of pyridine rings is 1. The number of nitrogens with zero attached hydrogens (tertiary/aromatic N) is 2. The summed E-state index contributed by atoms with van der Waals surface area (Å²) in [6.07, 6.45) is 0.404. The summed E-state index contributed by atoms with van der Waals surface area (Å²) in [5.74, 6) is -0.383. The van der Waals surface area contributed by atoms with Gasteiger partial charge in [0.25, 0.3) is 0 Å². The van der Waals surface area contributed by atoms with E-state index in [9.17, 15) is 26.7 Å². The van der Waals surface area contributed by atoms with E-state index in [0.29, 0.717) is 11.3 Å². The molecule has 0 saturated heterocycles. The number of carbonyl (C=O) groups is 1. The molecule has 176 valence electrons. The van der Waals surface area contributed by atoms with Gasteiger partial charge in [0, 0.05) is 24.2 Å². The van der Waals surface area contributed by atoms with Crippen LogP contribution in [0.1, 0.15) is 29.6 Å². The molecule has 4 rings (SSSR count). The van der Waals surface area contributed by atoms with Crippen LogP contribution in [-0.4, -0.2) is 41.7 Å². The van der Waals surface area contributed by atoms with Gasteiger partial charge in [0.2, 0.25) is 0 Å². The predicted octanol–water partition coefficient (Wildman–Crippen LogP) is 5.54. The number of alkyl halides is 5. The number of methoxy groups -OCH3 is 1. The van der Waals surface area contributed by atoms with Crippen LogP contribution in [0.3, 0.4) is 0 Å². The summed E-state index contributed by atoms with van der Waals surface area (Å²) in [5, 5.41) is 0. The fourth-order valence-electron chi connectivity index (χ4n) is 3.48. The van der Waals surface area contributed by atoms with E-state index in [-0.39, 0.29) is 46.6 Å². The number of carbonyl (C=O) groups excluding carboxylic acids is 1. The molecule has 0 atom stereocenters. The number of hydrogen-bond acceptors (Lipinski definition) is 5. The molecule has 0 spiro atoms. The third-order valence-electron chi connectivity index (χ3n) is 5.13. The van der Waals surface area contributed by atoms with Crippen LogP contribution in [0.4, 0.5) is 22.0 Å². The molecule has 33 heavy (non-hydrogen) atoms. The first-order chi connectivity index (χ1) is 15.6. The molecule has 1 aromatic carbocycles. The Morgan fingerprint density at radius 3 is 2.58 bits per heavy atom. The molecule has 0 bridgehead atoms. The predicted molar refractivity (Wildman–Crippen MR) is 107 cm³/mol. The van der Waals surface area contributed by atoms with Crippen LogP contribution in [0.2, 0.25) is 0 Å². The Kier molecular flexibility index (Phi) is 6.13. The highest BCUT2D eigenvalue weighted by Crippen LogP contribution is 2.40. The molecule has 1 saturated carbocycles. The molecular weight excluding hydrogens is 451 g/mol. The summed E-state index contributed by atoms with van der Waals surface area (Å²) >= 11 is 0. The summed E-state index contributed by atoms with van der Waals surface area (Å²) in [5.41, 5.74) is 1.01. The van der Waals surface area contributed by atoms with E-state index in [2.05, 4.69) is 9.72 Å². The van der Waals surface area contributed by atoms with E-state index in [4.69, 9.17) is 9.47 Å². The molecule has 0 aliphatic heterocycles. The lowest BCUT2D eigenvalue weighted by molar-refractivity contribution is -0.153. The van der Waals surface area contributed by atoms with Crippen molar-refractivity contribution in [3.8, 4) is 28.5 Å². The minimum absolute atomic E-state index is 0.0303. The fourth-order valence-corrected chi connectivity index (χ4v) is 3.48. The highest BCUT2D eigenvalue weighted by atomic mass is 19.4. The van der Waals surface area contributed by atoms with Crippen LogP contribution >= 0.6 is 0 Å². The third kappa shape index (κ3) is 5.35. The van der Waals surface area contributed by atoms with E-state index in [1.165, 1.54) is 48.2 Å². The number of aromatic nitrogens is 2. The topological polar surface area (TPSA) is 62.1 Å². The van der Waals surface area contributed by atoms with E-state index >= 15 is 0 Å². The van der Waals surface area contributed by atoms with Gasteiger partial charge in [0.1, 0.15) is 28.5 Å². The highest BCUT2D eigenvalue weighted by Gasteiger charge is 2.30. The summed E-state index contributed by atoms with van der Waals surface area (Å²) in [6, 6.07) is 5.45. The average Bonchev–Trinajstić information content (AvgIpc) is 3.45. The van der Waals surface area contributed by atoms with E-state index in [1.807, 2.05) is 0 Å². The molecule has 2 aromatic heterocycles. The van der Waals surface area contributed by atoms with Crippen LogP contribution in [0.5, 0.6) is 17.2 Å². The van der Waals surface area contributed by atoms with Gasteiger partial charge < -0.3 is 14.2 Å². The molecule has 3 aromatic rings. The molecule has 0 unspecified atom stereocenters. The first kappa shape index (κ1) is 22.8. The normalized spacial score (nSPS) is 14.0. The van der Waals surface area contributed by atoms with Crippen LogP contribution in [0.15, 0.2) is 36.7 Å². The minimum atomic E-state index is -4.48. The van der Waals surface area contributed by atoms with Gasteiger partial charge in [0.15, 0.2) is 12.4 Å². The van der Waals surface area contributed by atoms with Gasteiger partial charge in [-0.3, -0.25) is 9.20 Å². The zero-order valence-corrected chi connectivity index (χ0v) is 17.4. The lowest BCUT2D eigenvalue weighted by atomic mass is 10.00. The summed E-state index contributed by atoms with van der Waals surface area (Å²) in [4.78, 5) is 16.9. The minimum Gasteiger partial charge on any atom is -0.496 e. The lowest BCUT2D eigenvalue weighted by Gasteiger charge is -2.16. The third-order valence-corrected chi connectivity index (χ3v) is 5.13. The van der Waals surface area contributed by atoms with Crippen LogP contribution < -0.4 is 14.2 Å². The second-order valence-electron chi connectivity index (χ2n) is 7.64. The maximum atomic E-state index is 13.1. The summed E-state index contributed by atoms with van der Waals surface area (Å²) in [6.45, 7) is -4.61. The van der Waals surface area contributed by atoms with Crippen molar-refractivity contribution in [2.24, 2.45) is 5.92 Å². The first-order valence-corrected chi connectivity index (χ1v) is 10.0. The van der Waals surface area contributed by atoms with Crippen LogP contribution in [-0.2, 0) is 0 Å². The smallest absolute Gasteiger partial charge is 0.422 e. The second kappa shape index (κ2) is 8.87. The Balaban J connectivity index is 1.72. The summed E-state index contributed by atoms with van der Waals surface area (Å²) < 4.78 is 79.7. The number of ketones is 1. The van der Waals surface area contributed by atoms with Crippen molar-refractivity contribution in [3.05, 3.63) is 42.2 Å². The number of imidazole rings is 1. The van der Waals surface area contributed by atoms with Crippen molar-refractivity contribution in [1.82, 2.24) is 9.38 Å². The van der Waals surface area contributed by atoms with Crippen LogP contribution in [0, 0.1) is 5.92 Å². The van der Waals surface area contributed by atoms with Gasteiger partial charge in [-0.05, 0) is 37.0 Å². The Morgan fingerprint density at radius 2 is 1.94 bits per heavy atom. The second-order valence-corrected chi connectivity index (χ2v) is 7.64. The summed E-state index contributed by atoms with van der Waals surface area (Å²) in [7, 11) is 1.32. The van der Waals surface area contributed by atoms with Gasteiger partial charge in [-0.2, -0.15) is 22.0 Å². The van der Waals surface area contributed by atoms with Crippen molar-refractivity contribution in [3.63, 3.8) is 0 Å². The van der Waals surface area contributed by atoms with Crippen LogP contribution in [0.25, 0.3) is 16.9 Å². The number of ether oxygens (including phenoxy) is 3. The zero-order chi connectivity index (χ0) is 23.8. The Hall–Kier alpha value is -3.37. The van der Waals surface area contributed by atoms with E-state index in [1.54, 1.807) is 0 Å². The zero-order valence-electron chi connectivity index (χ0n) is 17.4. The Labute approximate surface area is 184 Å². The Morgan fingerprint density at radius 1 is 1.21 bits per heavy atom. The molecule has 1 aliphatic carbocycles. The van der Waals surface area contributed by atoms with Gasteiger partial charge >= 0.3 is 12.8 Å². The average molecular weight is 470 g/mol. The molecule has 0 amide bonds. The largest absolute Gasteiger partial charge is 0.496 e. The molecule has 11 heteroatoms. The first-order valence-electron chi connectivity index (χ1n) is 10.0. The molecule has 0 radical (unpaired) electrons. The Bertz CT molecular complexity index is 1170. The molecule has 0 N–H and O–H groups in total. The molecule has 6 nitrogen and oxygen atoms in total. The molecule has 2 heterocycles. The van der Waals surface area contributed by atoms with Gasteiger partial charge in [-0.1, -0.05) is 0 Å². The van der Waals surface area contributed by atoms with E-state index in [0.717, 1.165) is 12.8 Å². The number of halogens is 5. The number of Topliss-reactive ketones (excluding diaryl/α,β-unsaturated/α-hetero) is 1. The number of benzene rings is 1. The van der Waals surface area contributed by atoms with Crippen molar-refractivity contribution in [2.75, 3.05) is 13.7 Å². The standard InChI is InChI=1S/C22H19F5N2O4/c1-31-17-7-13(8-18(33-21(23)24)20(17)16(30)6-12-2-3-12)15-10-28-19-9-14(4-5-29(15)19)32-11-22(25,26)27/h4-5,7-10,12,21H,2-3,6,11H2,1H3. The molecular formula is C22H19F5N2O4. The van der Waals surface area contributed by atoms with Gasteiger partial charge in [-0.15, -0.1) is 0 Å². The van der Waals surface area contributed by atoms with Crippen molar-refractivity contribution < 1.29 is 41.0 Å². The SMILES string of the molecule is COc1cc(-c2cnc3cc(OCC(F)(F)F)ccn23)cc(OC(F)F)c1C(=O)CC1CC1.